The van der Waals surface area contributed by atoms with E-state index < -0.39 is 0 Å². The molecule has 0 saturated carbocycles. The number of imide groups is 1. The highest BCUT2D eigenvalue weighted by atomic mass is 35.5. The van der Waals surface area contributed by atoms with Crippen molar-refractivity contribution in [2.24, 2.45) is 0 Å². The van der Waals surface area contributed by atoms with Crippen LogP contribution in [0.3, 0.4) is 0 Å². The van der Waals surface area contributed by atoms with E-state index in [1.165, 1.54) is 4.90 Å². The predicted molar refractivity (Wildman–Crippen MR) is 123 cm³/mol. The number of carbonyl (C=O) groups is 3. The molecular weight excluding hydrogens is 450 g/mol. The van der Waals surface area contributed by atoms with Crippen LogP contribution in [-0.2, 0) is 16.1 Å². The fraction of sp³-hybridized carbons (Fsp3) is 0.125. The summed E-state index contributed by atoms with van der Waals surface area (Å²) in [6, 6.07) is 17.4. The van der Waals surface area contributed by atoms with E-state index in [4.69, 9.17) is 20.8 Å². The zero-order valence-electron chi connectivity index (χ0n) is 17.0. The number of carbonyl (C=O) groups excluding carboxylic acids is 3. The van der Waals surface area contributed by atoms with Crippen molar-refractivity contribution in [3.05, 3.63) is 87.5 Å². The Hall–Kier alpha value is -3.29. The molecule has 1 fully saturated rings. The van der Waals surface area contributed by atoms with Gasteiger partial charge in [-0.25, -0.2) is 4.79 Å². The Morgan fingerprint density at radius 3 is 2.62 bits per heavy atom. The molecule has 1 aliphatic rings. The van der Waals surface area contributed by atoms with Gasteiger partial charge >= 0.3 is 5.97 Å². The van der Waals surface area contributed by atoms with Crippen molar-refractivity contribution in [2.75, 3.05) is 6.61 Å². The van der Waals surface area contributed by atoms with E-state index in [1.807, 2.05) is 6.07 Å². The summed E-state index contributed by atoms with van der Waals surface area (Å²) in [7, 11) is 0. The number of halogens is 1. The molecule has 2 amide bonds. The van der Waals surface area contributed by atoms with Crippen molar-refractivity contribution in [3.8, 4) is 11.3 Å². The summed E-state index contributed by atoms with van der Waals surface area (Å²) in [6.07, 6.45) is 1.55. The van der Waals surface area contributed by atoms with Crippen LogP contribution in [0.5, 0.6) is 0 Å². The van der Waals surface area contributed by atoms with E-state index in [-0.39, 0.29) is 28.6 Å². The van der Waals surface area contributed by atoms with Crippen LogP contribution in [0.25, 0.3) is 17.4 Å². The molecule has 1 aromatic heterocycles. The summed E-state index contributed by atoms with van der Waals surface area (Å²) in [4.78, 5) is 38.3. The third kappa shape index (κ3) is 4.79. The molecule has 0 spiro atoms. The molecule has 0 unspecified atom stereocenters. The summed E-state index contributed by atoms with van der Waals surface area (Å²) < 4.78 is 10.8. The molecule has 8 heteroatoms. The molecule has 1 aliphatic heterocycles. The van der Waals surface area contributed by atoms with Gasteiger partial charge in [0.25, 0.3) is 11.1 Å². The Labute approximate surface area is 193 Å². The highest BCUT2D eigenvalue weighted by Gasteiger charge is 2.35. The van der Waals surface area contributed by atoms with Gasteiger partial charge in [-0.05, 0) is 60.6 Å². The second-order valence-corrected chi connectivity index (χ2v) is 8.33. The molecule has 0 radical (unpaired) electrons. The first kappa shape index (κ1) is 21.9. The van der Waals surface area contributed by atoms with E-state index in [9.17, 15) is 14.4 Å². The van der Waals surface area contributed by atoms with Crippen molar-refractivity contribution < 1.29 is 23.5 Å². The van der Waals surface area contributed by atoms with Crippen LogP contribution in [0.2, 0.25) is 5.02 Å². The quantitative estimate of drug-likeness (QED) is 0.326. The number of ether oxygens (including phenoxy) is 1. The van der Waals surface area contributed by atoms with E-state index in [0.29, 0.717) is 28.7 Å². The largest absolute Gasteiger partial charge is 0.462 e. The lowest BCUT2D eigenvalue weighted by atomic mass is 10.1. The number of esters is 1. The number of thioether (sulfide) groups is 1. The molecular formula is C24H18ClNO5S. The second-order valence-electron chi connectivity index (χ2n) is 6.90. The standard InChI is InChI=1S/C24H18ClNO5S/c1-2-30-23(28)17-8-6-16(7-9-17)20-11-10-19(31-20)13-21-22(27)26(24(29)32-21)14-15-4-3-5-18(25)12-15/h3-13H,2,14H2,1H3/b21-13-. The van der Waals surface area contributed by atoms with Crippen LogP contribution in [0, 0.1) is 0 Å². The Balaban J connectivity index is 1.48. The average molecular weight is 468 g/mol. The Bertz CT molecular complexity index is 1220. The zero-order chi connectivity index (χ0) is 22.7. The average Bonchev–Trinajstić information content (AvgIpc) is 3.34. The van der Waals surface area contributed by atoms with Gasteiger partial charge in [0.15, 0.2) is 0 Å². The maximum absolute atomic E-state index is 12.7. The molecule has 2 heterocycles. The molecule has 6 nitrogen and oxygen atoms in total. The first-order chi connectivity index (χ1) is 15.4. The molecule has 0 bridgehead atoms. The number of nitrogens with zero attached hydrogens (tertiary/aromatic N) is 1. The maximum Gasteiger partial charge on any atom is 0.338 e. The Kier molecular flexibility index (Phi) is 6.48. The second kappa shape index (κ2) is 9.46. The summed E-state index contributed by atoms with van der Waals surface area (Å²) in [5.74, 6) is 0.261. The van der Waals surface area contributed by atoms with E-state index in [2.05, 4.69) is 0 Å². The number of rotatable bonds is 6. The van der Waals surface area contributed by atoms with Gasteiger partial charge in [-0.1, -0.05) is 35.9 Å². The normalized spacial score (nSPS) is 14.9. The Morgan fingerprint density at radius 1 is 1.12 bits per heavy atom. The molecule has 3 aromatic rings. The lowest BCUT2D eigenvalue weighted by molar-refractivity contribution is -0.123. The molecule has 162 valence electrons. The van der Waals surface area contributed by atoms with E-state index in [0.717, 1.165) is 22.9 Å². The topological polar surface area (TPSA) is 76.8 Å². The summed E-state index contributed by atoms with van der Waals surface area (Å²) in [5, 5.41) is 0.200. The van der Waals surface area contributed by atoms with E-state index in [1.54, 1.807) is 67.6 Å². The molecule has 32 heavy (non-hydrogen) atoms. The van der Waals surface area contributed by atoms with Gasteiger partial charge in [0.1, 0.15) is 11.5 Å². The fourth-order valence-corrected chi connectivity index (χ4v) is 4.19. The Morgan fingerprint density at radius 2 is 1.91 bits per heavy atom. The smallest absolute Gasteiger partial charge is 0.338 e. The molecule has 4 rings (SSSR count). The van der Waals surface area contributed by atoms with Crippen LogP contribution < -0.4 is 0 Å². The minimum absolute atomic E-state index is 0.152. The van der Waals surface area contributed by atoms with Crippen LogP contribution in [0.4, 0.5) is 4.79 Å². The van der Waals surface area contributed by atoms with Crippen molar-refractivity contribution >= 4 is 46.6 Å². The minimum Gasteiger partial charge on any atom is -0.462 e. The molecule has 0 atom stereocenters. The number of hydrogen-bond donors (Lipinski definition) is 0. The number of benzene rings is 2. The van der Waals surface area contributed by atoms with Crippen molar-refractivity contribution in [3.63, 3.8) is 0 Å². The lowest BCUT2D eigenvalue weighted by Gasteiger charge is -2.12. The monoisotopic (exact) mass is 467 g/mol. The number of furan rings is 1. The van der Waals surface area contributed by atoms with Gasteiger partial charge in [-0.3, -0.25) is 14.5 Å². The van der Waals surface area contributed by atoms with Crippen LogP contribution in [0.1, 0.15) is 28.6 Å². The summed E-state index contributed by atoms with van der Waals surface area (Å²) >= 11 is 6.86. The van der Waals surface area contributed by atoms with Crippen LogP contribution in [0.15, 0.2) is 70.0 Å². The summed E-state index contributed by atoms with van der Waals surface area (Å²) in [5.41, 5.74) is 2.00. The van der Waals surface area contributed by atoms with Gasteiger partial charge in [0.05, 0.1) is 23.6 Å². The van der Waals surface area contributed by atoms with Gasteiger partial charge in [-0.2, -0.15) is 0 Å². The number of amides is 2. The van der Waals surface area contributed by atoms with Gasteiger partial charge in [-0.15, -0.1) is 0 Å². The highest BCUT2D eigenvalue weighted by Crippen LogP contribution is 2.34. The lowest BCUT2D eigenvalue weighted by Crippen LogP contribution is -2.27. The number of hydrogen-bond acceptors (Lipinski definition) is 6. The first-order valence-corrected chi connectivity index (χ1v) is 11.0. The van der Waals surface area contributed by atoms with E-state index >= 15 is 0 Å². The minimum atomic E-state index is -0.382. The third-order valence-electron chi connectivity index (χ3n) is 4.68. The van der Waals surface area contributed by atoms with Crippen molar-refractivity contribution in [1.82, 2.24) is 4.90 Å². The van der Waals surface area contributed by atoms with Crippen LogP contribution >= 0.6 is 23.4 Å². The predicted octanol–water partition coefficient (Wildman–Crippen LogP) is 6.01. The molecule has 1 saturated heterocycles. The summed E-state index contributed by atoms with van der Waals surface area (Å²) in [6.45, 7) is 2.22. The fourth-order valence-electron chi connectivity index (χ4n) is 3.15. The van der Waals surface area contributed by atoms with Crippen molar-refractivity contribution in [1.29, 1.82) is 0 Å². The first-order valence-electron chi connectivity index (χ1n) is 9.82. The van der Waals surface area contributed by atoms with Gasteiger partial charge < -0.3 is 9.15 Å². The molecule has 0 N–H and O–H groups in total. The molecule has 0 aliphatic carbocycles. The van der Waals surface area contributed by atoms with Crippen LogP contribution in [-0.4, -0.2) is 28.6 Å². The maximum atomic E-state index is 12.7. The highest BCUT2D eigenvalue weighted by molar-refractivity contribution is 8.18. The SMILES string of the molecule is CCOC(=O)c1ccc(-c2ccc(/C=C3\SC(=O)N(Cc4cccc(Cl)c4)C3=O)o2)cc1. The van der Waals surface area contributed by atoms with Gasteiger partial charge in [0.2, 0.25) is 0 Å². The van der Waals surface area contributed by atoms with Gasteiger partial charge in [0, 0.05) is 16.7 Å². The third-order valence-corrected chi connectivity index (χ3v) is 5.83. The van der Waals surface area contributed by atoms with Crippen molar-refractivity contribution in [2.45, 2.75) is 13.5 Å². The zero-order valence-corrected chi connectivity index (χ0v) is 18.6. The molecule has 2 aromatic carbocycles.